The number of pyridine rings is 1. The van der Waals surface area contributed by atoms with E-state index >= 15 is 0 Å². The molecule has 0 aliphatic heterocycles. The quantitative estimate of drug-likeness (QED) is 0.626. The number of anilines is 1. The Morgan fingerprint density at radius 3 is 2.67 bits per heavy atom. The van der Waals surface area contributed by atoms with Crippen LogP contribution in [0.4, 0.5) is 11.4 Å². The number of amides is 1. The molecule has 1 aromatic carbocycles. The molecule has 1 aromatic heterocycles. The lowest BCUT2D eigenvalue weighted by molar-refractivity contribution is -0.385. The molecule has 0 bridgehead atoms. The second-order valence-corrected chi connectivity index (χ2v) is 6.23. The van der Waals surface area contributed by atoms with Crippen molar-refractivity contribution >= 4 is 23.1 Å². The number of nitrogens with one attached hydrogen (secondary N) is 2. The van der Waals surface area contributed by atoms with Crippen LogP contribution in [0.25, 0.3) is 0 Å². The molecule has 2 N–H and O–H groups in total. The lowest BCUT2D eigenvalue weighted by Gasteiger charge is -2.15. The number of nitro groups is 1. The molecule has 2 aromatic rings. The predicted octanol–water partition coefficient (Wildman–Crippen LogP) is 2.37. The fourth-order valence-electron chi connectivity index (χ4n) is 3.05. The zero-order chi connectivity index (χ0) is 19.7. The molecule has 1 amide bonds. The average Bonchev–Trinajstić information content (AvgIpc) is 2.62. The largest absolute Gasteiger partial charge is 0.490 e. The molecule has 27 heavy (non-hydrogen) atoms. The van der Waals surface area contributed by atoms with Gasteiger partial charge in [-0.1, -0.05) is 0 Å². The van der Waals surface area contributed by atoms with Crippen molar-refractivity contribution in [3.8, 4) is 5.75 Å². The van der Waals surface area contributed by atoms with Gasteiger partial charge in [-0.25, -0.2) is 0 Å². The molecule has 9 heteroatoms. The maximum Gasteiger partial charge on any atom is 0.311 e. The molecular weight excluding hydrogens is 354 g/mol. The maximum absolute atomic E-state index is 12.6. The Morgan fingerprint density at radius 2 is 2.00 bits per heavy atom. The lowest BCUT2D eigenvalue weighted by Crippen LogP contribution is -2.27. The minimum absolute atomic E-state index is 0.0181. The van der Waals surface area contributed by atoms with E-state index in [1.807, 2.05) is 0 Å². The number of aromatic nitrogens is 1. The number of benzene rings is 1. The van der Waals surface area contributed by atoms with Crippen molar-refractivity contribution in [3.05, 3.63) is 61.1 Å². The number of carbonyl (C=O) groups excluding carboxylic acids is 2. The zero-order valence-corrected chi connectivity index (χ0v) is 14.8. The number of hydrogen-bond donors (Lipinski definition) is 2. The summed E-state index contributed by atoms with van der Waals surface area (Å²) in [6.07, 6.45) is 1.62. The van der Waals surface area contributed by atoms with Crippen LogP contribution in [0.2, 0.25) is 0 Å². The number of Topliss-reactive ketones (excluding diaryl/α,β-unsaturated/α-hetero) is 1. The number of ketones is 1. The van der Waals surface area contributed by atoms with Crippen molar-refractivity contribution in [1.29, 1.82) is 0 Å². The SMILES string of the molecule is COc1cc(NC(=O)c2cc3c([nH]c2=O)CCCC3=O)c(C)cc1[N+](=O)[O-]. The molecule has 1 heterocycles. The van der Waals surface area contributed by atoms with E-state index in [0.717, 1.165) is 0 Å². The van der Waals surface area contributed by atoms with Gasteiger partial charge in [-0.05, 0) is 31.4 Å². The van der Waals surface area contributed by atoms with Crippen molar-refractivity contribution in [2.75, 3.05) is 12.4 Å². The van der Waals surface area contributed by atoms with Crippen LogP contribution in [0.15, 0.2) is 23.0 Å². The number of carbonyl (C=O) groups is 2. The van der Waals surface area contributed by atoms with E-state index in [4.69, 9.17) is 4.74 Å². The van der Waals surface area contributed by atoms with Crippen LogP contribution in [0.3, 0.4) is 0 Å². The van der Waals surface area contributed by atoms with E-state index < -0.39 is 16.4 Å². The Balaban J connectivity index is 1.97. The van der Waals surface area contributed by atoms with Gasteiger partial charge in [-0.3, -0.25) is 24.5 Å². The summed E-state index contributed by atoms with van der Waals surface area (Å²) in [5, 5.41) is 13.6. The summed E-state index contributed by atoms with van der Waals surface area (Å²) in [6.45, 7) is 1.59. The highest BCUT2D eigenvalue weighted by molar-refractivity contribution is 6.07. The van der Waals surface area contributed by atoms with Gasteiger partial charge in [0.15, 0.2) is 11.5 Å². The monoisotopic (exact) mass is 371 g/mol. The Labute approximate surface area is 153 Å². The first-order valence-electron chi connectivity index (χ1n) is 8.25. The highest BCUT2D eigenvalue weighted by atomic mass is 16.6. The molecule has 0 saturated carbocycles. The van der Waals surface area contributed by atoms with Gasteiger partial charge in [0.25, 0.3) is 11.5 Å². The van der Waals surface area contributed by atoms with Gasteiger partial charge >= 0.3 is 5.69 Å². The number of nitrogens with zero attached hydrogens (tertiary/aromatic N) is 1. The third-order valence-electron chi connectivity index (χ3n) is 4.47. The molecule has 1 aliphatic rings. The summed E-state index contributed by atoms with van der Waals surface area (Å²) in [6, 6.07) is 3.90. The maximum atomic E-state index is 12.6. The topological polar surface area (TPSA) is 131 Å². The number of hydrogen-bond acceptors (Lipinski definition) is 6. The molecule has 0 unspecified atom stereocenters. The molecule has 1 aliphatic carbocycles. The summed E-state index contributed by atoms with van der Waals surface area (Å²) >= 11 is 0. The smallest absolute Gasteiger partial charge is 0.311 e. The fourth-order valence-corrected chi connectivity index (χ4v) is 3.05. The van der Waals surface area contributed by atoms with Crippen molar-refractivity contribution in [2.45, 2.75) is 26.2 Å². The van der Waals surface area contributed by atoms with E-state index in [1.165, 1.54) is 25.3 Å². The molecule has 0 atom stereocenters. The van der Waals surface area contributed by atoms with Crippen molar-refractivity contribution in [2.24, 2.45) is 0 Å². The minimum Gasteiger partial charge on any atom is -0.490 e. The summed E-state index contributed by atoms with van der Waals surface area (Å²) < 4.78 is 5.00. The highest BCUT2D eigenvalue weighted by Gasteiger charge is 2.23. The van der Waals surface area contributed by atoms with Gasteiger partial charge in [-0.2, -0.15) is 0 Å². The second-order valence-electron chi connectivity index (χ2n) is 6.23. The average molecular weight is 371 g/mol. The molecule has 0 fully saturated rings. The third-order valence-corrected chi connectivity index (χ3v) is 4.47. The van der Waals surface area contributed by atoms with E-state index in [0.29, 0.717) is 36.1 Å². The van der Waals surface area contributed by atoms with Gasteiger partial charge in [0, 0.05) is 35.5 Å². The Bertz CT molecular complexity index is 1020. The molecule has 3 rings (SSSR count). The molecular formula is C18H17N3O6. The lowest BCUT2D eigenvalue weighted by atomic mass is 9.93. The number of nitro benzene ring substituents is 1. The van der Waals surface area contributed by atoms with Crippen LogP contribution < -0.4 is 15.6 Å². The first-order valence-corrected chi connectivity index (χ1v) is 8.25. The van der Waals surface area contributed by atoms with Crippen LogP contribution in [0.1, 0.15) is 44.8 Å². The first-order chi connectivity index (χ1) is 12.8. The first kappa shape index (κ1) is 18.3. The van der Waals surface area contributed by atoms with Gasteiger partial charge in [0.1, 0.15) is 5.56 Å². The molecule has 140 valence electrons. The Morgan fingerprint density at radius 1 is 1.26 bits per heavy atom. The zero-order valence-electron chi connectivity index (χ0n) is 14.8. The summed E-state index contributed by atoms with van der Waals surface area (Å²) in [7, 11) is 1.28. The van der Waals surface area contributed by atoms with E-state index in [-0.39, 0.29) is 28.5 Å². The number of ether oxygens (including phenoxy) is 1. The van der Waals surface area contributed by atoms with Crippen LogP contribution in [0, 0.1) is 17.0 Å². The van der Waals surface area contributed by atoms with E-state index in [1.54, 1.807) is 6.92 Å². The van der Waals surface area contributed by atoms with Crippen LogP contribution in [-0.4, -0.2) is 28.7 Å². The summed E-state index contributed by atoms with van der Waals surface area (Å²) in [5.74, 6) is -0.846. The Hall–Kier alpha value is -3.49. The van der Waals surface area contributed by atoms with Crippen molar-refractivity contribution in [3.63, 3.8) is 0 Å². The molecule has 0 spiro atoms. The molecule has 0 saturated heterocycles. The van der Waals surface area contributed by atoms with Crippen LogP contribution >= 0.6 is 0 Å². The second kappa shape index (κ2) is 7.02. The van der Waals surface area contributed by atoms with E-state index in [9.17, 15) is 24.5 Å². The molecule has 9 nitrogen and oxygen atoms in total. The Kier molecular flexibility index (Phi) is 4.76. The summed E-state index contributed by atoms with van der Waals surface area (Å²) in [5.41, 5.74) is 0.579. The van der Waals surface area contributed by atoms with Gasteiger partial charge in [0.2, 0.25) is 0 Å². The normalized spacial score (nSPS) is 13.0. The molecule has 0 radical (unpaired) electrons. The standard InChI is InChI=1S/C18H17N3O6/c1-9-6-14(21(25)26)16(27-2)8-13(9)20-18(24)11-7-10-12(19-17(11)23)4-3-5-15(10)22/h6-8H,3-5H2,1-2H3,(H,19,23)(H,20,24). The number of aromatic amines is 1. The minimum atomic E-state index is -0.712. The highest BCUT2D eigenvalue weighted by Crippen LogP contribution is 2.33. The van der Waals surface area contributed by atoms with E-state index in [2.05, 4.69) is 10.3 Å². The van der Waals surface area contributed by atoms with Crippen LogP contribution in [-0.2, 0) is 6.42 Å². The van der Waals surface area contributed by atoms with Gasteiger partial charge in [-0.15, -0.1) is 0 Å². The van der Waals surface area contributed by atoms with Crippen molar-refractivity contribution < 1.29 is 19.2 Å². The van der Waals surface area contributed by atoms with Crippen molar-refractivity contribution in [1.82, 2.24) is 4.98 Å². The number of aryl methyl sites for hydroxylation is 2. The fraction of sp³-hybridized carbons (Fsp3) is 0.278. The number of rotatable bonds is 4. The third kappa shape index (κ3) is 3.43. The predicted molar refractivity (Wildman–Crippen MR) is 96.7 cm³/mol. The number of fused-ring (bicyclic) bond motifs is 1. The van der Waals surface area contributed by atoms with Gasteiger partial charge < -0.3 is 15.0 Å². The number of methoxy groups -OCH3 is 1. The number of H-pyrrole nitrogens is 1. The summed E-state index contributed by atoms with van der Waals surface area (Å²) in [4.78, 5) is 49.9. The van der Waals surface area contributed by atoms with Gasteiger partial charge in [0.05, 0.1) is 12.0 Å². The van der Waals surface area contributed by atoms with Crippen LogP contribution in [0.5, 0.6) is 5.75 Å².